The van der Waals surface area contributed by atoms with Gasteiger partial charge in [0.2, 0.25) is 0 Å². The molecule has 140 valence electrons. The number of anilines is 1. The highest BCUT2D eigenvalue weighted by Crippen LogP contribution is 2.27. The molecule has 0 fully saturated rings. The minimum Gasteiger partial charge on any atom is -0.480 e. The standard InChI is InChI=1S/C19H19N3O4S/c1-19(2,12-23)26-14-7-5-13(6-8-14)16-11-27-18(21-16)22-17(24)20-10-15-4-3-9-25-15/h3-9,11-12H,10H2,1-2H3,(H2,20,21,22,24). The molecular weight excluding hydrogens is 366 g/mol. The molecule has 0 saturated carbocycles. The average Bonchev–Trinajstić information content (AvgIpc) is 3.32. The van der Waals surface area contributed by atoms with E-state index in [1.807, 2.05) is 17.5 Å². The van der Waals surface area contributed by atoms with Gasteiger partial charge in [-0.25, -0.2) is 9.78 Å². The molecule has 0 aliphatic carbocycles. The highest BCUT2D eigenvalue weighted by Gasteiger charge is 2.18. The lowest BCUT2D eigenvalue weighted by Gasteiger charge is -2.19. The third-order valence-electron chi connectivity index (χ3n) is 3.54. The van der Waals surface area contributed by atoms with Gasteiger partial charge in [0.1, 0.15) is 11.5 Å². The molecule has 0 bridgehead atoms. The summed E-state index contributed by atoms with van der Waals surface area (Å²) < 4.78 is 10.8. The van der Waals surface area contributed by atoms with E-state index in [1.165, 1.54) is 11.3 Å². The molecule has 2 amide bonds. The van der Waals surface area contributed by atoms with E-state index >= 15 is 0 Å². The van der Waals surface area contributed by atoms with E-state index in [4.69, 9.17) is 9.15 Å². The minimum atomic E-state index is -0.873. The van der Waals surface area contributed by atoms with Crippen LogP contribution >= 0.6 is 11.3 Å². The topological polar surface area (TPSA) is 93.5 Å². The SMILES string of the molecule is CC(C)(C=O)Oc1ccc(-c2csc(NC(=O)NCc3ccco3)n2)cc1. The predicted octanol–water partition coefficient (Wildman–Crippen LogP) is 4.08. The highest BCUT2D eigenvalue weighted by atomic mass is 32.1. The fourth-order valence-corrected chi connectivity index (χ4v) is 2.92. The number of thiazole rings is 1. The van der Waals surface area contributed by atoms with Crippen LogP contribution in [-0.2, 0) is 11.3 Å². The monoisotopic (exact) mass is 385 g/mol. The normalized spacial score (nSPS) is 11.0. The third-order valence-corrected chi connectivity index (χ3v) is 4.30. The Bertz CT molecular complexity index is 901. The van der Waals surface area contributed by atoms with Crippen LogP contribution in [-0.4, -0.2) is 22.9 Å². The maximum Gasteiger partial charge on any atom is 0.321 e. The molecule has 3 rings (SSSR count). The van der Waals surface area contributed by atoms with Gasteiger partial charge in [0, 0.05) is 10.9 Å². The zero-order chi connectivity index (χ0) is 19.3. The Hall–Kier alpha value is -3.13. The number of urea groups is 1. The molecule has 7 nitrogen and oxygen atoms in total. The zero-order valence-corrected chi connectivity index (χ0v) is 15.7. The number of ether oxygens (including phenoxy) is 1. The number of carbonyl (C=O) groups excluding carboxylic acids is 2. The molecule has 2 aromatic heterocycles. The van der Waals surface area contributed by atoms with Crippen LogP contribution in [0.2, 0.25) is 0 Å². The third kappa shape index (κ3) is 5.18. The molecular formula is C19H19N3O4S. The summed E-state index contributed by atoms with van der Waals surface area (Å²) in [5.41, 5.74) is 0.747. The van der Waals surface area contributed by atoms with E-state index in [0.29, 0.717) is 23.2 Å². The Morgan fingerprint density at radius 2 is 2.07 bits per heavy atom. The summed E-state index contributed by atoms with van der Waals surface area (Å²) in [6.45, 7) is 3.70. The number of furan rings is 1. The number of nitrogens with zero attached hydrogens (tertiary/aromatic N) is 1. The van der Waals surface area contributed by atoms with Crippen LogP contribution in [0, 0.1) is 0 Å². The van der Waals surface area contributed by atoms with Crippen molar-refractivity contribution in [2.45, 2.75) is 26.0 Å². The molecule has 0 aliphatic rings. The number of hydrogen-bond acceptors (Lipinski definition) is 6. The molecule has 2 N–H and O–H groups in total. The van der Waals surface area contributed by atoms with Gasteiger partial charge in [0.05, 0.1) is 18.5 Å². The van der Waals surface area contributed by atoms with E-state index in [9.17, 15) is 9.59 Å². The van der Waals surface area contributed by atoms with Crippen LogP contribution in [0.4, 0.5) is 9.93 Å². The van der Waals surface area contributed by atoms with Gasteiger partial charge in [0.25, 0.3) is 0 Å². The smallest absolute Gasteiger partial charge is 0.321 e. The summed E-state index contributed by atoms with van der Waals surface area (Å²) in [7, 11) is 0. The van der Waals surface area contributed by atoms with Gasteiger partial charge in [-0.2, -0.15) is 0 Å². The molecule has 0 atom stereocenters. The number of hydrogen-bond donors (Lipinski definition) is 2. The maximum absolute atomic E-state index is 11.9. The number of benzene rings is 1. The summed E-state index contributed by atoms with van der Waals surface area (Å²) >= 11 is 1.33. The molecule has 27 heavy (non-hydrogen) atoms. The van der Waals surface area contributed by atoms with Crippen molar-refractivity contribution in [3.05, 3.63) is 53.8 Å². The largest absolute Gasteiger partial charge is 0.480 e. The van der Waals surface area contributed by atoms with Crippen LogP contribution in [0.15, 0.2) is 52.5 Å². The van der Waals surface area contributed by atoms with Crippen LogP contribution in [0.1, 0.15) is 19.6 Å². The van der Waals surface area contributed by atoms with Crippen molar-refractivity contribution < 1.29 is 18.7 Å². The summed E-state index contributed by atoms with van der Waals surface area (Å²) in [5.74, 6) is 1.27. The molecule has 0 aliphatic heterocycles. The van der Waals surface area contributed by atoms with E-state index in [0.717, 1.165) is 17.5 Å². The first-order valence-electron chi connectivity index (χ1n) is 8.24. The van der Waals surface area contributed by atoms with Gasteiger partial charge in [-0.15, -0.1) is 11.3 Å². The molecule has 0 unspecified atom stereocenters. The van der Waals surface area contributed by atoms with Gasteiger partial charge in [-0.05, 0) is 50.2 Å². The number of amides is 2. The van der Waals surface area contributed by atoms with E-state index in [2.05, 4.69) is 15.6 Å². The number of rotatable bonds is 7. The molecule has 1 aromatic carbocycles. The number of aromatic nitrogens is 1. The Morgan fingerprint density at radius 3 is 2.74 bits per heavy atom. The van der Waals surface area contributed by atoms with E-state index in [-0.39, 0.29) is 6.03 Å². The van der Waals surface area contributed by atoms with Crippen LogP contribution in [0.25, 0.3) is 11.3 Å². The van der Waals surface area contributed by atoms with E-state index in [1.54, 1.807) is 44.4 Å². The summed E-state index contributed by atoms with van der Waals surface area (Å²) in [6.07, 6.45) is 2.31. The first kappa shape index (κ1) is 18.7. The van der Waals surface area contributed by atoms with Crippen molar-refractivity contribution in [3.8, 4) is 17.0 Å². The fourth-order valence-electron chi connectivity index (χ4n) is 2.21. The Balaban J connectivity index is 1.58. The molecule has 0 saturated heterocycles. The van der Waals surface area contributed by atoms with Crippen molar-refractivity contribution in [2.75, 3.05) is 5.32 Å². The summed E-state index contributed by atoms with van der Waals surface area (Å²) in [4.78, 5) is 27.3. The highest BCUT2D eigenvalue weighted by molar-refractivity contribution is 7.14. The second kappa shape index (κ2) is 8.05. The number of nitrogens with one attached hydrogen (secondary N) is 2. The Kier molecular flexibility index (Phi) is 5.56. The van der Waals surface area contributed by atoms with E-state index < -0.39 is 5.60 Å². The van der Waals surface area contributed by atoms with Crippen LogP contribution < -0.4 is 15.4 Å². The lowest BCUT2D eigenvalue weighted by Crippen LogP contribution is -2.29. The number of carbonyl (C=O) groups is 2. The van der Waals surface area contributed by atoms with Crippen molar-refractivity contribution in [3.63, 3.8) is 0 Å². The minimum absolute atomic E-state index is 0.301. The summed E-state index contributed by atoms with van der Waals surface area (Å²) in [5, 5.41) is 7.74. The lowest BCUT2D eigenvalue weighted by atomic mass is 10.1. The van der Waals surface area contributed by atoms with Gasteiger partial charge >= 0.3 is 6.03 Å². The van der Waals surface area contributed by atoms with Gasteiger partial charge < -0.3 is 14.5 Å². The van der Waals surface area contributed by atoms with Gasteiger partial charge in [0.15, 0.2) is 17.0 Å². The molecule has 2 heterocycles. The van der Waals surface area contributed by atoms with Crippen LogP contribution in [0.5, 0.6) is 5.75 Å². The van der Waals surface area contributed by atoms with Crippen molar-refractivity contribution in [1.82, 2.24) is 10.3 Å². The van der Waals surface area contributed by atoms with Crippen molar-refractivity contribution in [2.24, 2.45) is 0 Å². The molecule has 0 spiro atoms. The van der Waals surface area contributed by atoms with Crippen molar-refractivity contribution >= 4 is 28.8 Å². The Labute approximate surface area is 160 Å². The fraction of sp³-hybridized carbons (Fsp3) is 0.211. The maximum atomic E-state index is 11.9. The number of aldehydes is 1. The predicted molar refractivity (Wildman–Crippen MR) is 103 cm³/mol. The first-order valence-corrected chi connectivity index (χ1v) is 9.12. The quantitative estimate of drug-likeness (QED) is 0.598. The Morgan fingerprint density at radius 1 is 1.30 bits per heavy atom. The van der Waals surface area contributed by atoms with Gasteiger partial charge in [-0.1, -0.05) is 0 Å². The second-order valence-corrected chi connectivity index (χ2v) is 7.13. The zero-order valence-electron chi connectivity index (χ0n) is 14.9. The molecule has 0 radical (unpaired) electrons. The lowest BCUT2D eigenvalue weighted by molar-refractivity contribution is -0.118. The second-order valence-electron chi connectivity index (χ2n) is 6.27. The summed E-state index contributed by atoms with van der Waals surface area (Å²) in [6, 6.07) is 10.5. The molecule has 3 aromatic rings. The van der Waals surface area contributed by atoms with Crippen LogP contribution in [0.3, 0.4) is 0 Å². The van der Waals surface area contributed by atoms with Crippen molar-refractivity contribution in [1.29, 1.82) is 0 Å². The average molecular weight is 385 g/mol. The van der Waals surface area contributed by atoms with Gasteiger partial charge in [-0.3, -0.25) is 10.1 Å². The molecule has 8 heteroatoms. The first-order chi connectivity index (χ1) is 12.9.